The van der Waals surface area contributed by atoms with Crippen LogP contribution in [0, 0.1) is 12.8 Å². The van der Waals surface area contributed by atoms with Gasteiger partial charge < -0.3 is 9.84 Å². The number of hydrogen-bond acceptors (Lipinski definition) is 6. The molecule has 1 aromatic heterocycles. The molecule has 0 radical (unpaired) electrons. The van der Waals surface area contributed by atoms with E-state index in [-0.39, 0.29) is 5.91 Å². The maximum Gasteiger partial charge on any atom is 0.241 e. The summed E-state index contributed by atoms with van der Waals surface area (Å²) in [7, 11) is 0. The van der Waals surface area contributed by atoms with Gasteiger partial charge in [-0.2, -0.15) is 4.98 Å². The number of carbonyl (C=O) groups is 1. The fourth-order valence-corrected chi connectivity index (χ4v) is 4.48. The monoisotopic (exact) mass is 411 g/mol. The Morgan fingerprint density at radius 1 is 1.13 bits per heavy atom. The van der Waals surface area contributed by atoms with Gasteiger partial charge in [-0.15, -0.1) is 0 Å². The van der Waals surface area contributed by atoms with Crippen molar-refractivity contribution in [2.45, 2.75) is 52.1 Å². The molecular weight excluding hydrogens is 378 g/mol. The van der Waals surface area contributed by atoms with Crippen molar-refractivity contribution in [2.75, 3.05) is 32.7 Å². The zero-order valence-electron chi connectivity index (χ0n) is 18.1. The SMILES string of the molecule is Cc1ccc(-c2noc(CN3CCN(CC(=O)NC4CCCC(C)C4)CC3)n2)cc1. The summed E-state index contributed by atoms with van der Waals surface area (Å²) in [6.45, 7) is 9.05. The van der Waals surface area contributed by atoms with Crippen LogP contribution in [0.4, 0.5) is 0 Å². The molecule has 2 atom stereocenters. The van der Waals surface area contributed by atoms with Gasteiger partial charge in [-0.25, -0.2) is 0 Å². The van der Waals surface area contributed by atoms with Crippen molar-refractivity contribution in [3.63, 3.8) is 0 Å². The van der Waals surface area contributed by atoms with Crippen LogP contribution in [-0.4, -0.2) is 64.6 Å². The molecule has 1 saturated heterocycles. The topological polar surface area (TPSA) is 74.5 Å². The van der Waals surface area contributed by atoms with E-state index in [0.29, 0.717) is 30.8 Å². The lowest BCUT2D eigenvalue weighted by Gasteiger charge is -2.34. The van der Waals surface area contributed by atoms with Gasteiger partial charge in [0, 0.05) is 37.8 Å². The van der Waals surface area contributed by atoms with Crippen molar-refractivity contribution < 1.29 is 9.32 Å². The molecule has 162 valence electrons. The lowest BCUT2D eigenvalue weighted by molar-refractivity contribution is -0.123. The number of hydrogen-bond donors (Lipinski definition) is 1. The molecule has 1 aliphatic heterocycles. The third-order valence-corrected chi connectivity index (χ3v) is 6.27. The summed E-state index contributed by atoms with van der Waals surface area (Å²) in [6.07, 6.45) is 4.76. The minimum atomic E-state index is 0.169. The van der Waals surface area contributed by atoms with Crippen LogP contribution < -0.4 is 5.32 Å². The van der Waals surface area contributed by atoms with Crippen molar-refractivity contribution in [1.82, 2.24) is 25.3 Å². The molecule has 4 rings (SSSR count). The number of benzene rings is 1. The third kappa shape index (κ3) is 5.67. The normalized spacial score (nSPS) is 23.4. The number of aromatic nitrogens is 2. The second kappa shape index (κ2) is 9.71. The first-order valence-electron chi connectivity index (χ1n) is 11.2. The quantitative estimate of drug-likeness (QED) is 0.788. The van der Waals surface area contributed by atoms with Gasteiger partial charge in [-0.1, -0.05) is 54.8 Å². The molecule has 2 aromatic rings. The Labute approximate surface area is 178 Å². The summed E-state index contributed by atoms with van der Waals surface area (Å²) in [4.78, 5) is 21.5. The lowest BCUT2D eigenvalue weighted by Crippen LogP contribution is -2.50. The summed E-state index contributed by atoms with van der Waals surface area (Å²) >= 11 is 0. The van der Waals surface area contributed by atoms with E-state index < -0.39 is 0 Å². The van der Waals surface area contributed by atoms with Crippen LogP contribution in [0.2, 0.25) is 0 Å². The average Bonchev–Trinajstić information content (AvgIpc) is 3.18. The maximum atomic E-state index is 12.4. The van der Waals surface area contributed by atoms with E-state index >= 15 is 0 Å². The Hall–Kier alpha value is -2.25. The van der Waals surface area contributed by atoms with E-state index in [0.717, 1.165) is 50.5 Å². The first-order valence-corrected chi connectivity index (χ1v) is 11.2. The Kier molecular flexibility index (Phi) is 6.79. The van der Waals surface area contributed by atoms with Gasteiger partial charge in [0.1, 0.15) is 0 Å². The minimum absolute atomic E-state index is 0.169. The molecule has 1 N–H and O–H groups in total. The van der Waals surface area contributed by atoms with Crippen LogP contribution in [0.15, 0.2) is 28.8 Å². The molecule has 1 aliphatic carbocycles. The first-order chi connectivity index (χ1) is 14.5. The smallest absolute Gasteiger partial charge is 0.241 e. The van der Waals surface area contributed by atoms with Crippen molar-refractivity contribution in [1.29, 1.82) is 0 Å². The van der Waals surface area contributed by atoms with Gasteiger partial charge in [0.05, 0.1) is 13.1 Å². The number of rotatable bonds is 6. The van der Waals surface area contributed by atoms with E-state index in [2.05, 4.69) is 51.2 Å². The zero-order chi connectivity index (χ0) is 20.9. The number of nitrogens with zero attached hydrogens (tertiary/aromatic N) is 4. The number of carbonyl (C=O) groups excluding carboxylic acids is 1. The highest BCUT2D eigenvalue weighted by Gasteiger charge is 2.24. The van der Waals surface area contributed by atoms with Gasteiger partial charge in [-0.3, -0.25) is 14.6 Å². The number of nitrogens with one attached hydrogen (secondary N) is 1. The van der Waals surface area contributed by atoms with Gasteiger partial charge >= 0.3 is 0 Å². The van der Waals surface area contributed by atoms with E-state index in [4.69, 9.17) is 4.52 Å². The molecule has 7 heteroatoms. The highest BCUT2D eigenvalue weighted by molar-refractivity contribution is 5.78. The van der Waals surface area contributed by atoms with Gasteiger partial charge in [0.25, 0.3) is 0 Å². The number of amides is 1. The summed E-state index contributed by atoms with van der Waals surface area (Å²) < 4.78 is 5.46. The van der Waals surface area contributed by atoms with E-state index in [1.165, 1.54) is 18.4 Å². The summed E-state index contributed by atoms with van der Waals surface area (Å²) in [5.41, 5.74) is 2.18. The maximum absolute atomic E-state index is 12.4. The van der Waals surface area contributed by atoms with E-state index in [1.807, 2.05) is 12.1 Å². The van der Waals surface area contributed by atoms with Crippen LogP contribution >= 0.6 is 0 Å². The second-order valence-corrected chi connectivity index (χ2v) is 8.97. The summed E-state index contributed by atoms with van der Waals surface area (Å²) in [5, 5.41) is 7.36. The summed E-state index contributed by atoms with van der Waals surface area (Å²) in [6, 6.07) is 8.50. The standard InChI is InChI=1S/C23H33N5O2/c1-17-6-8-19(9-7-17)23-25-22(30-26-23)16-28-12-10-27(11-13-28)15-21(29)24-20-5-3-4-18(2)14-20/h6-9,18,20H,3-5,10-16H2,1-2H3,(H,24,29). The second-order valence-electron chi connectivity index (χ2n) is 8.97. The molecule has 0 bridgehead atoms. The first kappa shape index (κ1) is 21.0. The van der Waals surface area contributed by atoms with Crippen LogP contribution in [-0.2, 0) is 11.3 Å². The molecule has 1 aromatic carbocycles. The van der Waals surface area contributed by atoms with Crippen LogP contribution in [0.3, 0.4) is 0 Å². The molecule has 0 spiro atoms. The summed E-state index contributed by atoms with van der Waals surface area (Å²) in [5.74, 6) is 2.17. The van der Waals surface area contributed by atoms with Crippen molar-refractivity contribution in [2.24, 2.45) is 5.92 Å². The molecule has 30 heavy (non-hydrogen) atoms. The van der Waals surface area contributed by atoms with Crippen LogP contribution in [0.25, 0.3) is 11.4 Å². The van der Waals surface area contributed by atoms with Crippen molar-refractivity contribution in [3.05, 3.63) is 35.7 Å². The molecule has 1 amide bonds. The Bertz CT molecular complexity index is 826. The Morgan fingerprint density at radius 2 is 1.87 bits per heavy atom. The average molecular weight is 412 g/mol. The predicted molar refractivity (Wildman–Crippen MR) is 116 cm³/mol. The molecule has 2 unspecified atom stereocenters. The van der Waals surface area contributed by atoms with Gasteiger partial charge in [-0.05, 0) is 25.7 Å². The predicted octanol–water partition coefficient (Wildman–Crippen LogP) is 2.86. The van der Waals surface area contributed by atoms with E-state index in [9.17, 15) is 4.79 Å². The third-order valence-electron chi connectivity index (χ3n) is 6.27. The highest BCUT2D eigenvalue weighted by atomic mass is 16.5. The fourth-order valence-electron chi connectivity index (χ4n) is 4.48. The minimum Gasteiger partial charge on any atom is -0.352 e. The Balaban J connectivity index is 1.20. The van der Waals surface area contributed by atoms with Crippen LogP contribution in [0.1, 0.15) is 44.1 Å². The molecule has 2 fully saturated rings. The fraction of sp³-hybridized carbons (Fsp3) is 0.609. The molecule has 1 saturated carbocycles. The van der Waals surface area contributed by atoms with Crippen molar-refractivity contribution in [3.8, 4) is 11.4 Å². The van der Waals surface area contributed by atoms with Gasteiger partial charge in [0.15, 0.2) is 0 Å². The van der Waals surface area contributed by atoms with E-state index in [1.54, 1.807) is 0 Å². The number of piperazine rings is 1. The van der Waals surface area contributed by atoms with Crippen molar-refractivity contribution >= 4 is 5.91 Å². The molecule has 2 heterocycles. The largest absolute Gasteiger partial charge is 0.352 e. The Morgan fingerprint density at radius 3 is 2.60 bits per heavy atom. The van der Waals surface area contributed by atoms with Gasteiger partial charge in [0.2, 0.25) is 17.6 Å². The molecule has 2 aliphatic rings. The highest BCUT2D eigenvalue weighted by Crippen LogP contribution is 2.23. The molecule has 7 nitrogen and oxygen atoms in total. The lowest BCUT2D eigenvalue weighted by atomic mass is 9.87. The van der Waals surface area contributed by atoms with Crippen LogP contribution in [0.5, 0.6) is 0 Å². The zero-order valence-corrected chi connectivity index (χ0v) is 18.1. The molecular formula is C23H33N5O2. The number of aryl methyl sites for hydroxylation is 1.